The van der Waals surface area contributed by atoms with Crippen molar-refractivity contribution < 1.29 is 19.5 Å². The topological polar surface area (TPSA) is 74.7 Å². The number of hydrogen-bond acceptors (Lipinski definition) is 3. The molecule has 1 N–H and O–H groups in total. The standard InChI is InChI=1S/C13H13NO4/c15-9(16)4-14-12(17)10-5-1-2-6(8-3-7(5)8)11(10)13(14)18/h1-2,5-8,10-11H,3-4H2,(H,15,16). The van der Waals surface area contributed by atoms with Crippen LogP contribution < -0.4 is 0 Å². The minimum absolute atomic E-state index is 0.167. The Morgan fingerprint density at radius 2 is 1.67 bits per heavy atom. The highest BCUT2D eigenvalue weighted by molar-refractivity contribution is 6.07. The van der Waals surface area contributed by atoms with Crippen LogP contribution in [0.25, 0.3) is 0 Å². The zero-order valence-corrected chi connectivity index (χ0v) is 9.65. The lowest BCUT2D eigenvalue weighted by atomic mass is 9.63. The number of hydrogen-bond donors (Lipinski definition) is 1. The van der Waals surface area contributed by atoms with Crippen LogP contribution in [0.5, 0.6) is 0 Å². The van der Waals surface area contributed by atoms with Gasteiger partial charge in [-0.25, -0.2) is 0 Å². The molecule has 2 saturated carbocycles. The Hall–Kier alpha value is -1.65. The molecule has 2 amide bonds. The lowest BCUT2D eigenvalue weighted by Gasteiger charge is -2.37. The maximum atomic E-state index is 12.2. The Morgan fingerprint density at radius 3 is 2.11 bits per heavy atom. The van der Waals surface area contributed by atoms with E-state index in [0.29, 0.717) is 11.8 Å². The van der Waals surface area contributed by atoms with Crippen molar-refractivity contribution in [1.29, 1.82) is 0 Å². The molecule has 0 aromatic heterocycles. The van der Waals surface area contributed by atoms with Gasteiger partial charge >= 0.3 is 5.97 Å². The van der Waals surface area contributed by atoms with Crippen LogP contribution in [0.1, 0.15) is 6.42 Å². The van der Waals surface area contributed by atoms with E-state index >= 15 is 0 Å². The molecule has 5 nitrogen and oxygen atoms in total. The second kappa shape index (κ2) is 3.02. The van der Waals surface area contributed by atoms with Crippen molar-refractivity contribution in [1.82, 2.24) is 4.90 Å². The molecule has 3 fully saturated rings. The smallest absolute Gasteiger partial charge is 0.323 e. The summed E-state index contributed by atoms with van der Waals surface area (Å²) in [6.07, 6.45) is 5.28. The third-order valence-corrected chi connectivity index (χ3v) is 5.05. The maximum Gasteiger partial charge on any atom is 0.323 e. The van der Waals surface area contributed by atoms with Crippen molar-refractivity contribution in [2.24, 2.45) is 35.5 Å². The van der Waals surface area contributed by atoms with Gasteiger partial charge in [-0.15, -0.1) is 0 Å². The van der Waals surface area contributed by atoms with Gasteiger partial charge in [-0.1, -0.05) is 12.2 Å². The van der Waals surface area contributed by atoms with E-state index in [1.807, 2.05) is 0 Å². The van der Waals surface area contributed by atoms with Crippen molar-refractivity contribution in [2.75, 3.05) is 6.54 Å². The maximum absolute atomic E-state index is 12.2. The summed E-state index contributed by atoms with van der Waals surface area (Å²) in [6.45, 7) is -0.487. The van der Waals surface area contributed by atoms with Gasteiger partial charge < -0.3 is 5.11 Å². The number of carbonyl (C=O) groups is 3. The van der Waals surface area contributed by atoms with Crippen LogP contribution >= 0.6 is 0 Å². The zero-order chi connectivity index (χ0) is 12.6. The third-order valence-electron chi connectivity index (χ3n) is 5.05. The Morgan fingerprint density at radius 1 is 1.17 bits per heavy atom. The van der Waals surface area contributed by atoms with Gasteiger partial charge in [0, 0.05) is 0 Å². The first kappa shape index (κ1) is 10.3. The van der Waals surface area contributed by atoms with E-state index in [9.17, 15) is 14.4 Å². The molecular formula is C13H13NO4. The molecule has 5 rings (SSSR count). The first-order valence-corrected chi connectivity index (χ1v) is 6.35. The molecular weight excluding hydrogens is 234 g/mol. The number of imide groups is 1. The van der Waals surface area contributed by atoms with Crippen LogP contribution in [0.15, 0.2) is 12.2 Å². The van der Waals surface area contributed by atoms with Gasteiger partial charge in [0.15, 0.2) is 0 Å². The van der Waals surface area contributed by atoms with E-state index in [4.69, 9.17) is 5.11 Å². The fourth-order valence-electron chi connectivity index (χ4n) is 4.31. The third kappa shape index (κ3) is 1.05. The normalized spacial score (nSPS) is 47.2. The van der Waals surface area contributed by atoms with Crippen LogP contribution in [0.3, 0.4) is 0 Å². The van der Waals surface area contributed by atoms with E-state index < -0.39 is 12.5 Å². The van der Waals surface area contributed by atoms with Gasteiger partial charge in [0.2, 0.25) is 11.8 Å². The van der Waals surface area contributed by atoms with E-state index in [0.717, 1.165) is 11.3 Å². The number of carboxylic acids is 1. The number of carboxylic acid groups (broad SMARTS) is 1. The minimum atomic E-state index is -1.12. The number of aliphatic carboxylic acids is 1. The molecule has 0 radical (unpaired) electrons. The molecule has 2 bridgehead atoms. The molecule has 5 heteroatoms. The molecule has 0 spiro atoms. The SMILES string of the molecule is O=C(O)CN1C(=O)C2C3C=CC(C4CC34)C2C1=O. The van der Waals surface area contributed by atoms with Crippen LogP contribution in [0.4, 0.5) is 0 Å². The molecule has 18 heavy (non-hydrogen) atoms. The summed E-state index contributed by atoms with van der Waals surface area (Å²) in [4.78, 5) is 36.2. The van der Waals surface area contributed by atoms with Crippen LogP contribution in [-0.2, 0) is 14.4 Å². The number of nitrogens with zero attached hydrogens (tertiary/aromatic N) is 1. The number of amides is 2. The predicted octanol–water partition coefficient (Wildman–Crippen LogP) is 0.124. The van der Waals surface area contributed by atoms with Gasteiger partial charge in [0.25, 0.3) is 0 Å². The molecule has 1 heterocycles. The van der Waals surface area contributed by atoms with E-state index in [1.54, 1.807) is 0 Å². The van der Waals surface area contributed by atoms with Gasteiger partial charge in [0.1, 0.15) is 6.54 Å². The number of rotatable bonds is 2. The molecule has 6 unspecified atom stereocenters. The second-order valence-corrected chi connectivity index (χ2v) is 5.81. The van der Waals surface area contributed by atoms with Crippen LogP contribution in [0, 0.1) is 35.5 Å². The van der Waals surface area contributed by atoms with Gasteiger partial charge in [-0.2, -0.15) is 0 Å². The van der Waals surface area contributed by atoms with E-state index in [1.165, 1.54) is 0 Å². The zero-order valence-electron chi connectivity index (χ0n) is 9.65. The summed E-state index contributed by atoms with van der Waals surface area (Å²) in [5.74, 6) is -0.771. The largest absolute Gasteiger partial charge is 0.480 e. The van der Waals surface area contributed by atoms with Gasteiger partial charge in [-0.3, -0.25) is 19.3 Å². The first-order valence-electron chi connectivity index (χ1n) is 6.35. The first-order chi connectivity index (χ1) is 8.59. The highest BCUT2D eigenvalue weighted by Gasteiger charge is 2.67. The summed E-state index contributed by atoms with van der Waals surface area (Å²) in [6, 6.07) is 0. The van der Waals surface area contributed by atoms with E-state index in [-0.39, 0.29) is 35.5 Å². The Balaban J connectivity index is 1.72. The summed E-state index contributed by atoms with van der Waals surface area (Å²) < 4.78 is 0. The molecule has 0 aromatic carbocycles. The lowest BCUT2D eigenvalue weighted by Crippen LogP contribution is -2.40. The summed E-state index contributed by atoms with van der Waals surface area (Å²) in [7, 11) is 0. The van der Waals surface area contributed by atoms with Gasteiger partial charge in [-0.05, 0) is 30.1 Å². The molecule has 5 aliphatic rings. The second-order valence-electron chi connectivity index (χ2n) is 5.81. The molecule has 1 aliphatic heterocycles. The van der Waals surface area contributed by atoms with E-state index in [2.05, 4.69) is 12.2 Å². The van der Waals surface area contributed by atoms with Crippen molar-refractivity contribution in [3.8, 4) is 0 Å². The van der Waals surface area contributed by atoms with Crippen molar-refractivity contribution in [2.45, 2.75) is 6.42 Å². The fraction of sp³-hybridized carbons (Fsp3) is 0.615. The summed E-state index contributed by atoms with van der Waals surface area (Å²) in [5, 5.41) is 8.79. The average Bonchev–Trinajstić information content (AvgIpc) is 3.11. The number of likely N-dealkylation sites (tertiary alicyclic amines) is 1. The number of carbonyl (C=O) groups excluding carboxylic acids is 2. The summed E-state index contributed by atoms with van der Waals surface area (Å²) in [5.41, 5.74) is 0. The van der Waals surface area contributed by atoms with Crippen molar-refractivity contribution >= 4 is 17.8 Å². The lowest BCUT2D eigenvalue weighted by molar-refractivity contribution is -0.149. The predicted molar refractivity (Wildman–Crippen MR) is 59.1 cm³/mol. The summed E-state index contributed by atoms with van der Waals surface area (Å²) >= 11 is 0. The van der Waals surface area contributed by atoms with Gasteiger partial charge in [0.05, 0.1) is 11.8 Å². The molecule has 94 valence electrons. The Bertz CT molecular complexity index is 475. The monoisotopic (exact) mass is 247 g/mol. The molecule has 0 aromatic rings. The Kier molecular flexibility index (Phi) is 1.73. The Labute approximate surface area is 103 Å². The van der Waals surface area contributed by atoms with Crippen LogP contribution in [-0.4, -0.2) is 34.3 Å². The van der Waals surface area contributed by atoms with Crippen molar-refractivity contribution in [3.63, 3.8) is 0 Å². The quantitative estimate of drug-likeness (QED) is 0.555. The molecule has 4 aliphatic carbocycles. The average molecular weight is 247 g/mol. The molecule has 1 saturated heterocycles. The fourth-order valence-corrected chi connectivity index (χ4v) is 4.31. The van der Waals surface area contributed by atoms with Crippen LogP contribution in [0.2, 0.25) is 0 Å². The van der Waals surface area contributed by atoms with Crippen molar-refractivity contribution in [3.05, 3.63) is 12.2 Å². The number of allylic oxidation sites excluding steroid dienone is 2. The molecule has 6 atom stereocenters. The highest BCUT2D eigenvalue weighted by atomic mass is 16.4. The highest BCUT2D eigenvalue weighted by Crippen LogP contribution is 2.65. The minimum Gasteiger partial charge on any atom is -0.480 e.